The summed E-state index contributed by atoms with van der Waals surface area (Å²) in [5.74, 6) is 1.08. The van der Waals surface area contributed by atoms with Crippen molar-refractivity contribution in [2.75, 3.05) is 6.61 Å². The molecule has 2 aromatic rings. The van der Waals surface area contributed by atoms with Crippen LogP contribution in [0.4, 0.5) is 0 Å². The van der Waals surface area contributed by atoms with Gasteiger partial charge < -0.3 is 9.30 Å². The minimum atomic E-state index is -0.00163. The van der Waals surface area contributed by atoms with Crippen molar-refractivity contribution < 1.29 is 4.74 Å². The molecule has 21 heavy (non-hydrogen) atoms. The zero-order valence-electron chi connectivity index (χ0n) is 12.4. The summed E-state index contributed by atoms with van der Waals surface area (Å²) < 4.78 is 7.25. The second-order valence-corrected chi connectivity index (χ2v) is 5.06. The Balaban J connectivity index is 2.47. The molecule has 0 bridgehead atoms. The van der Waals surface area contributed by atoms with Crippen LogP contribution in [0.3, 0.4) is 0 Å². The van der Waals surface area contributed by atoms with E-state index in [4.69, 9.17) is 16.3 Å². The first kappa shape index (κ1) is 15.6. The lowest BCUT2D eigenvalue weighted by Crippen LogP contribution is -2.24. The Hall–Kier alpha value is -1.74. The van der Waals surface area contributed by atoms with E-state index in [2.05, 4.69) is 6.92 Å². The molecule has 0 aliphatic rings. The number of benzene rings is 1. The largest absolute Gasteiger partial charge is 0.494 e. The summed E-state index contributed by atoms with van der Waals surface area (Å²) in [4.78, 5) is 12.4. The first-order valence-electron chi connectivity index (χ1n) is 7.23. The number of alkyl halides is 1. The van der Waals surface area contributed by atoms with E-state index in [9.17, 15) is 4.79 Å². The molecular weight excluding hydrogens is 286 g/mol. The van der Waals surface area contributed by atoms with Gasteiger partial charge in [-0.25, -0.2) is 0 Å². The monoisotopic (exact) mass is 305 g/mol. The minimum absolute atomic E-state index is 0.00163. The zero-order valence-corrected chi connectivity index (χ0v) is 13.2. The van der Waals surface area contributed by atoms with Gasteiger partial charge >= 0.3 is 0 Å². The Morgan fingerprint density at radius 2 is 1.81 bits per heavy atom. The summed E-state index contributed by atoms with van der Waals surface area (Å²) >= 11 is 5.83. The molecular formula is C17H20ClNO2. The third-order valence-corrected chi connectivity index (χ3v) is 3.59. The van der Waals surface area contributed by atoms with E-state index in [1.165, 1.54) is 0 Å². The predicted octanol–water partition coefficient (Wildman–Crippen LogP) is 4.06. The number of ether oxygens (including phenoxy) is 1. The number of hydrogen-bond acceptors (Lipinski definition) is 2. The Kier molecular flexibility index (Phi) is 5.45. The van der Waals surface area contributed by atoms with Gasteiger partial charge in [0.1, 0.15) is 5.75 Å². The summed E-state index contributed by atoms with van der Waals surface area (Å²) in [6.07, 6.45) is 0.898. The Morgan fingerprint density at radius 3 is 2.38 bits per heavy atom. The van der Waals surface area contributed by atoms with Gasteiger partial charge in [-0.3, -0.25) is 4.79 Å². The van der Waals surface area contributed by atoms with Gasteiger partial charge in [0.15, 0.2) is 0 Å². The van der Waals surface area contributed by atoms with E-state index in [-0.39, 0.29) is 11.4 Å². The molecule has 0 amide bonds. The van der Waals surface area contributed by atoms with Gasteiger partial charge in [-0.05, 0) is 49.2 Å². The SMILES string of the molecule is CCCn1c(-c2ccc(OCC)cc2)ccc(CCl)c1=O. The van der Waals surface area contributed by atoms with Gasteiger partial charge in [-0.15, -0.1) is 11.6 Å². The van der Waals surface area contributed by atoms with E-state index in [1.54, 1.807) is 4.57 Å². The maximum absolute atomic E-state index is 12.4. The maximum atomic E-state index is 12.4. The Labute approximate surface area is 130 Å². The van der Waals surface area contributed by atoms with Gasteiger partial charge in [0, 0.05) is 12.1 Å². The fraction of sp³-hybridized carbons (Fsp3) is 0.353. The fourth-order valence-corrected chi connectivity index (χ4v) is 2.51. The molecule has 0 N–H and O–H groups in total. The standard InChI is InChI=1S/C17H20ClNO2/c1-3-11-19-16(10-7-14(12-18)17(19)20)13-5-8-15(9-6-13)21-4-2/h5-10H,3-4,11-12H2,1-2H3. The number of nitrogens with zero attached hydrogens (tertiary/aromatic N) is 1. The average molecular weight is 306 g/mol. The van der Waals surface area contributed by atoms with Crippen LogP contribution in [0.1, 0.15) is 25.8 Å². The molecule has 2 rings (SSSR count). The summed E-state index contributed by atoms with van der Waals surface area (Å²) in [6, 6.07) is 11.6. The molecule has 0 atom stereocenters. The van der Waals surface area contributed by atoms with Crippen LogP contribution in [0, 0.1) is 0 Å². The smallest absolute Gasteiger partial charge is 0.255 e. The van der Waals surface area contributed by atoms with Gasteiger partial charge in [0.05, 0.1) is 18.2 Å². The van der Waals surface area contributed by atoms with Crippen molar-refractivity contribution in [3.05, 3.63) is 52.3 Å². The van der Waals surface area contributed by atoms with Crippen LogP contribution in [0.15, 0.2) is 41.2 Å². The molecule has 0 fully saturated rings. The topological polar surface area (TPSA) is 31.2 Å². The molecule has 0 aliphatic carbocycles. The molecule has 1 aromatic heterocycles. The summed E-state index contributed by atoms with van der Waals surface area (Å²) in [6.45, 7) is 5.34. The highest BCUT2D eigenvalue weighted by Crippen LogP contribution is 2.22. The molecule has 1 heterocycles. The van der Waals surface area contributed by atoms with Gasteiger partial charge in [-0.2, -0.15) is 0 Å². The molecule has 112 valence electrons. The van der Waals surface area contributed by atoms with E-state index < -0.39 is 0 Å². The highest BCUT2D eigenvalue weighted by atomic mass is 35.5. The normalized spacial score (nSPS) is 10.6. The highest BCUT2D eigenvalue weighted by molar-refractivity contribution is 6.17. The van der Waals surface area contributed by atoms with Crippen LogP contribution in [0.25, 0.3) is 11.3 Å². The first-order valence-corrected chi connectivity index (χ1v) is 7.76. The summed E-state index contributed by atoms with van der Waals surface area (Å²) in [5, 5.41) is 0. The molecule has 0 unspecified atom stereocenters. The van der Waals surface area contributed by atoms with Crippen molar-refractivity contribution in [2.45, 2.75) is 32.7 Å². The molecule has 0 saturated carbocycles. The third kappa shape index (κ3) is 3.48. The average Bonchev–Trinajstić information content (AvgIpc) is 2.51. The number of pyridine rings is 1. The van der Waals surface area contributed by atoms with Crippen LogP contribution in [-0.4, -0.2) is 11.2 Å². The van der Waals surface area contributed by atoms with Crippen LogP contribution in [0.5, 0.6) is 5.75 Å². The second kappa shape index (κ2) is 7.32. The molecule has 0 saturated heterocycles. The van der Waals surface area contributed by atoms with E-state index in [0.717, 1.165) is 23.4 Å². The molecule has 1 aromatic carbocycles. The zero-order chi connectivity index (χ0) is 15.2. The second-order valence-electron chi connectivity index (χ2n) is 4.79. The van der Waals surface area contributed by atoms with Crippen molar-refractivity contribution >= 4 is 11.6 Å². The number of hydrogen-bond donors (Lipinski definition) is 0. The lowest BCUT2D eigenvalue weighted by atomic mass is 10.1. The van der Waals surface area contributed by atoms with Crippen molar-refractivity contribution in [2.24, 2.45) is 0 Å². The molecule has 3 nitrogen and oxygen atoms in total. The van der Waals surface area contributed by atoms with E-state index >= 15 is 0 Å². The van der Waals surface area contributed by atoms with Gasteiger partial charge in [-0.1, -0.05) is 13.0 Å². The van der Waals surface area contributed by atoms with Gasteiger partial charge in [0.25, 0.3) is 5.56 Å². The molecule has 4 heteroatoms. The van der Waals surface area contributed by atoms with Crippen LogP contribution >= 0.6 is 11.6 Å². The Morgan fingerprint density at radius 1 is 1.10 bits per heavy atom. The van der Waals surface area contributed by atoms with Crippen molar-refractivity contribution in [3.8, 4) is 17.0 Å². The molecule has 0 radical (unpaired) electrons. The number of rotatable bonds is 6. The van der Waals surface area contributed by atoms with Crippen molar-refractivity contribution in [1.29, 1.82) is 0 Å². The van der Waals surface area contributed by atoms with Crippen LogP contribution in [0.2, 0.25) is 0 Å². The Bertz CT molecular complexity index is 647. The van der Waals surface area contributed by atoms with Gasteiger partial charge in [0.2, 0.25) is 0 Å². The summed E-state index contributed by atoms with van der Waals surface area (Å²) in [5.41, 5.74) is 2.56. The van der Waals surface area contributed by atoms with E-state index in [1.807, 2.05) is 43.3 Å². The van der Waals surface area contributed by atoms with Crippen molar-refractivity contribution in [3.63, 3.8) is 0 Å². The van der Waals surface area contributed by atoms with Crippen molar-refractivity contribution in [1.82, 2.24) is 4.57 Å². The minimum Gasteiger partial charge on any atom is -0.494 e. The van der Waals surface area contributed by atoms with E-state index in [0.29, 0.717) is 18.7 Å². The maximum Gasteiger partial charge on any atom is 0.255 e. The highest BCUT2D eigenvalue weighted by Gasteiger charge is 2.09. The molecule has 0 spiro atoms. The van der Waals surface area contributed by atoms with Crippen LogP contribution < -0.4 is 10.3 Å². The fourth-order valence-electron chi connectivity index (χ4n) is 2.31. The third-order valence-electron chi connectivity index (χ3n) is 3.31. The van der Waals surface area contributed by atoms with Crippen LogP contribution in [-0.2, 0) is 12.4 Å². The predicted molar refractivity (Wildman–Crippen MR) is 87.2 cm³/mol. The number of halogens is 1. The molecule has 0 aliphatic heterocycles. The lowest BCUT2D eigenvalue weighted by Gasteiger charge is -2.14. The first-order chi connectivity index (χ1) is 10.2. The number of aromatic nitrogens is 1. The lowest BCUT2D eigenvalue weighted by molar-refractivity contribution is 0.340. The quantitative estimate of drug-likeness (QED) is 0.754. The summed E-state index contributed by atoms with van der Waals surface area (Å²) in [7, 11) is 0.